The number of pyridine rings is 1. The quantitative estimate of drug-likeness (QED) is 0.707. The van der Waals surface area contributed by atoms with Crippen LogP contribution in [0.4, 0.5) is 5.69 Å². The number of hydrogen-bond donors (Lipinski definition) is 0. The Bertz CT molecular complexity index is 927. The number of piperidine rings is 1. The standard InChI is InChI=1S/C18H21N7O/c1-14-10-16(4-7-20-14)23-8-5-15(6-9-23)11-24-18(26)3-2-17(22-24)25-13-19-12-21-25/h2-4,7,10,12-13,15H,5-6,8-9,11H2,1H3. The van der Waals surface area contributed by atoms with Crippen molar-refractivity contribution >= 4 is 5.69 Å². The molecule has 8 nitrogen and oxygen atoms in total. The summed E-state index contributed by atoms with van der Waals surface area (Å²) in [6.45, 7) is 4.60. The summed E-state index contributed by atoms with van der Waals surface area (Å²) < 4.78 is 3.11. The van der Waals surface area contributed by atoms with Crippen LogP contribution in [0.2, 0.25) is 0 Å². The van der Waals surface area contributed by atoms with Gasteiger partial charge in [-0.3, -0.25) is 9.78 Å². The van der Waals surface area contributed by atoms with Gasteiger partial charge in [-0.25, -0.2) is 14.3 Å². The molecular weight excluding hydrogens is 330 g/mol. The van der Waals surface area contributed by atoms with Crippen molar-refractivity contribution in [2.45, 2.75) is 26.3 Å². The maximum Gasteiger partial charge on any atom is 0.266 e. The van der Waals surface area contributed by atoms with Gasteiger partial charge in [-0.2, -0.15) is 5.10 Å². The molecule has 0 aromatic carbocycles. The van der Waals surface area contributed by atoms with Crippen LogP contribution in [0, 0.1) is 12.8 Å². The van der Waals surface area contributed by atoms with Crippen LogP contribution in [-0.2, 0) is 6.54 Å². The average Bonchev–Trinajstić information content (AvgIpc) is 3.19. The minimum atomic E-state index is -0.0824. The van der Waals surface area contributed by atoms with E-state index in [4.69, 9.17) is 0 Å². The molecule has 1 fully saturated rings. The van der Waals surface area contributed by atoms with E-state index in [2.05, 4.69) is 37.2 Å². The second-order valence-corrected chi connectivity index (χ2v) is 6.64. The second-order valence-electron chi connectivity index (χ2n) is 6.64. The SMILES string of the molecule is Cc1cc(N2CCC(Cn3nc(-n4cncn4)ccc3=O)CC2)ccn1. The summed E-state index contributed by atoms with van der Waals surface area (Å²) in [5.74, 6) is 1.04. The van der Waals surface area contributed by atoms with Gasteiger partial charge in [0.05, 0.1) is 0 Å². The molecule has 26 heavy (non-hydrogen) atoms. The highest BCUT2D eigenvalue weighted by atomic mass is 16.1. The molecule has 0 N–H and O–H groups in total. The molecule has 4 rings (SSSR count). The Hall–Kier alpha value is -3.03. The third-order valence-electron chi connectivity index (χ3n) is 4.80. The summed E-state index contributed by atoms with van der Waals surface area (Å²) in [4.78, 5) is 22.7. The van der Waals surface area contributed by atoms with Crippen molar-refractivity contribution < 1.29 is 0 Å². The van der Waals surface area contributed by atoms with Crippen LogP contribution >= 0.6 is 0 Å². The van der Waals surface area contributed by atoms with Crippen molar-refractivity contribution in [1.82, 2.24) is 29.5 Å². The van der Waals surface area contributed by atoms with Gasteiger partial charge in [-0.1, -0.05) is 0 Å². The van der Waals surface area contributed by atoms with Gasteiger partial charge in [0.2, 0.25) is 0 Å². The van der Waals surface area contributed by atoms with Gasteiger partial charge in [0.1, 0.15) is 12.7 Å². The number of rotatable bonds is 4. The number of aryl methyl sites for hydroxylation is 1. The molecule has 1 aliphatic rings. The summed E-state index contributed by atoms with van der Waals surface area (Å²) >= 11 is 0. The van der Waals surface area contributed by atoms with Gasteiger partial charge >= 0.3 is 0 Å². The Morgan fingerprint density at radius 3 is 2.77 bits per heavy atom. The zero-order valence-corrected chi connectivity index (χ0v) is 14.7. The van der Waals surface area contributed by atoms with Crippen molar-refractivity contribution in [1.29, 1.82) is 0 Å². The summed E-state index contributed by atoms with van der Waals surface area (Å²) in [6.07, 6.45) is 6.95. The fraction of sp³-hybridized carbons (Fsp3) is 0.389. The fourth-order valence-electron chi connectivity index (χ4n) is 3.36. The van der Waals surface area contributed by atoms with Gasteiger partial charge < -0.3 is 4.90 Å². The molecule has 1 saturated heterocycles. The lowest BCUT2D eigenvalue weighted by Gasteiger charge is -2.33. The van der Waals surface area contributed by atoms with E-state index in [1.165, 1.54) is 12.0 Å². The van der Waals surface area contributed by atoms with Crippen molar-refractivity contribution in [3.05, 3.63) is 59.2 Å². The molecule has 0 radical (unpaired) electrons. The van der Waals surface area contributed by atoms with E-state index in [-0.39, 0.29) is 5.56 Å². The van der Waals surface area contributed by atoms with Gasteiger partial charge in [0.15, 0.2) is 5.82 Å². The molecule has 0 spiro atoms. The van der Waals surface area contributed by atoms with E-state index in [1.807, 2.05) is 13.1 Å². The molecule has 3 aromatic heterocycles. The highest BCUT2D eigenvalue weighted by molar-refractivity contribution is 5.46. The second kappa shape index (κ2) is 7.07. The number of anilines is 1. The Morgan fingerprint density at radius 2 is 2.04 bits per heavy atom. The van der Waals surface area contributed by atoms with Crippen LogP contribution in [0.1, 0.15) is 18.5 Å². The molecule has 0 unspecified atom stereocenters. The first-order chi connectivity index (χ1) is 12.7. The third-order valence-corrected chi connectivity index (χ3v) is 4.80. The third kappa shape index (κ3) is 3.49. The largest absolute Gasteiger partial charge is 0.371 e. The van der Waals surface area contributed by atoms with Crippen LogP contribution in [0.25, 0.3) is 5.82 Å². The van der Waals surface area contributed by atoms with Crippen LogP contribution in [0.3, 0.4) is 0 Å². The summed E-state index contributed by atoms with van der Waals surface area (Å²) in [5, 5.41) is 8.51. The summed E-state index contributed by atoms with van der Waals surface area (Å²) in [7, 11) is 0. The molecule has 4 heterocycles. The first kappa shape index (κ1) is 16.4. The normalized spacial score (nSPS) is 15.3. The zero-order valence-electron chi connectivity index (χ0n) is 14.7. The maximum atomic E-state index is 12.2. The summed E-state index contributed by atoms with van der Waals surface area (Å²) in [5.41, 5.74) is 2.17. The topological polar surface area (TPSA) is 81.7 Å². The van der Waals surface area contributed by atoms with Gasteiger partial charge in [-0.05, 0) is 43.9 Å². The number of hydrogen-bond acceptors (Lipinski definition) is 6. The lowest BCUT2D eigenvalue weighted by Crippen LogP contribution is -2.37. The molecule has 8 heteroatoms. The van der Waals surface area contributed by atoms with Crippen LogP contribution in [0.15, 0.2) is 47.9 Å². The van der Waals surface area contributed by atoms with Crippen LogP contribution < -0.4 is 10.5 Å². The predicted octanol–water partition coefficient (Wildman–Crippen LogP) is 1.44. The Balaban J connectivity index is 1.43. The number of aromatic nitrogens is 6. The lowest BCUT2D eigenvalue weighted by molar-refractivity contribution is 0.334. The van der Waals surface area contributed by atoms with Gasteiger partial charge in [0.25, 0.3) is 5.56 Å². The van der Waals surface area contributed by atoms with Crippen LogP contribution in [0.5, 0.6) is 0 Å². The molecule has 3 aromatic rings. The fourth-order valence-corrected chi connectivity index (χ4v) is 3.36. The minimum absolute atomic E-state index is 0.0824. The molecule has 0 aliphatic carbocycles. The van der Waals surface area contributed by atoms with E-state index in [1.54, 1.807) is 27.8 Å². The van der Waals surface area contributed by atoms with Crippen LogP contribution in [-0.4, -0.2) is 42.6 Å². The van der Waals surface area contributed by atoms with E-state index >= 15 is 0 Å². The molecule has 0 bridgehead atoms. The maximum absolute atomic E-state index is 12.2. The van der Waals surface area contributed by atoms with E-state index in [0.29, 0.717) is 18.3 Å². The highest BCUT2D eigenvalue weighted by Gasteiger charge is 2.21. The Kier molecular flexibility index (Phi) is 4.47. The average molecular weight is 351 g/mol. The molecular formula is C18H21N7O. The molecule has 134 valence electrons. The number of nitrogens with zero attached hydrogens (tertiary/aromatic N) is 7. The lowest BCUT2D eigenvalue weighted by atomic mass is 9.96. The molecule has 0 atom stereocenters. The van der Waals surface area contributed by atoms with Crippen molar-refractivity contribution in [3.63, 3.8) is 0 Å². The first-order valence-electron chi connectivity index (χ1n) is 8.80. The van der Waals surface area contributed by atoms with Gasteiger partial charge in [0, 0.05) is 43.3 Å². The first-order valence-corrected chi connectivity index (χ1v) is 8.80. The summed E-state index contributed by atoms with van der Waals surface area (Å²) in [6, 6.07) is 7.38. The van der Waals surface area contributed by atoms with E-state index < -0.39 is 0 Å². The molecule has 0 amide bonds. The van der Waals surface area contributed by atoms with E-state index in [0.717, 1.165) is 31.6 Å². The zero-order chi connectivity index (χ0) is 17.9. The van der Waals surface area contributed by atoms with E-state index in [9.17, 15) is 4.79 Å². The Labute approximate surface area is 151 Å². The monoisotopic (exact) mass is 351 g/mol. The van der Waals surface area contributed by atoms with Gasteiger partial charge in [-0.15, -0.1) is 5.10 Å². The highest BCUT2D eigenvalue weighted by Crippen LogP contribution is 2.24. The molecule has 0 saturated carbocycles. The predicted molar refractivity (Wildman–Crippen MR) is 97.3 cm³/mol. The van der Waals surface area contributed by atoms with Crippen molar-refractivity contribution in [3.8, 4) is 5.82 Å². The van der Waals surface area contributed by atoms with Crippen molar-refractivity contribution in [2.24, 2.45) is 5.92 Å². The van der Waals surface area contributed by atoms with Crippen molar-refractivity contribution in [2.75, 3.05) is 18.0 Å². The smallest absolute Gasteiger partial charge is 0.266 e. The minimum Gasteiger partial charge on any atom is -0.371 e. The Morgan fingerprint density at radius 1 is 1.19 bits per heavy atom. The molecule has 1 aliphatic heterocycles.